The van der Waals surface area contributed by atoms with Crippen LogP contribution in [0.5, 0.6) is 0 Å². The van der Waals surface area contributed by atoms with Crippen LogP contribution in [0.2, 0.25) is 5.02 Å². The molecule has 1 N–H and O–H groups in total. The Balaban J connectivity index is 1.71. The Kier molecular flexibility index (Phi) is 4.87. The first-order valence-electron chi connectivity index (χ1n) is 7.03. The fourth-order valence-corrected chi connectivity index (χ4v) is 3.14. The van der Waals surface area contributed by atoms with E-state index in [1.54, 1.807) is 42.5 Å². The SMILES string of the molecule is O=C1SC(=Cc2ccc(F)cc2)C(=O)N1CNc1cccc(Cl)c1. The molecule has 0 saturated carbocycles. The summed E-state index contributed by atoms with van der Waals surface area (Å²) in [6.07, 6.45) is 1.57. The highest BCUT2D eigenvalue weighted by molar-refractivity contribution is 8.18. The van der Waals surface area contributed by atoms with Crippen molar-refractivity contribution in [3.63, 3.8) is 0 Å². The highest BCUT2D eigenvalue weighted by atomic mass is 35.5. The first-order valence-corrected chi connectivity index (χ1v) is 8.23. The van der Waals surface area contributed by atoms with Crippen LogP contribution in [0.15, 0.2) is 53.4 Å². The third-order valence-corrected chi connectivity index (χ3v) is 4.45. The predicted octanol–water partition coefficient (Wildman–Crippen LogP) is 4.59. The molecule has 0 unspecified atom stereocenters. The van der Waals surface area contributed by atoms with Gasteiger partial charge in [0.2, 0.25) is 0 Å². The average molecular weight is 363 g/mol. The third-order valence-electron chi connectivity index (χ3n) is 3.31. The second-order valence-electron chi connectivity index (χ2n) is 5.01. The zero-order valence-corrected chi connectivity index (χ0v) is 13.9. The van der Waals surface area contributed by atoms with Crippen molar-refractivity contribution in [2.24, 2.45) is 0 Å². The third kappa shape index (κ3) is 3.77. The lowest BCUT2D eigenvalue weighted by Gasteiger charge is -2.14. The molecule has 3 rings (SSSR count). The molecule has 0 atom stereocenters. The normalized spacial score (nSPS) is 16.1. The maximum absolute atomic E-state index is 12.9. The van der Waals surface area contributed by atoms with Crippen LogP contribution in [0.25, 0.3) is 6.08 Å². The standard InChI is InChI=1S/C17H12ClFN2O2S/c18-12-2-1-3-14(9-12)20-10-21-16(22)15(24-17(21)23)8-11-4-6-13(19)7-5-11/h1-9,20H,10H2. The first kappa shape index (κ1) is 16.5. The Morgan fingerprint density at radius 1 is 1.17 bits per heavy atom. The molecule has 0 aromatic heterocycles. The van der Waals surface area contributed by atoms with E-state index in [2.05, 4.69) is 5.32 Å². The molecule has 0 bridgehead atoms. The minimum atomic E-state index is -0.385. The zero-order valence-electron chi connectivity index (χ0n) is 12.3. The molecule has 0 aliphatic carbocycles. The second-order valence-corrected chi connectivity index (χ2v) is 6.44. The van der Waals surface area contributed by atoms with Gasteiger partial charge in [-0.15, -0.1) is 0 Å². The van der Waals surface area contributed by atoms with Crippen LogP contribution in [-0.4, -0.2) is 22.7 Å². The van der Waals surface area contributed by atoms with Crippen LogP contribution >= 0.6 is 23.4 Å². The summed E-state index contributed by atoms with van der Waals surface area (Å²) in [5, 5.41) is 3.19. The summed E-state index contributed by atoms with van der Waals surface area (Å²) in [4.78, 5) is 25.8. The van der Waals surface area contributed by atoms with E-state index in [1.165, 1.54) is 12.1 Å². The van der Waals surface area contributed by atoms with Gasteiger partial charge in [-0.1, -0.05) is 29.8 Å². The van der Waals surface area contributed by atoms with Crippen LogP contribution in [-0.2, 0) is 4.79 Å². The van der Waals surface area contributed by atoms with E-state index in [1.807, 2.05) is 0 Å². The quantitative estimate of drug-likeness (QED) is 0.808. The number of amides is 2. The van der Waals surface area contributed by atoms with Crippen LogP contribution < -0.4 is 5.32 Å². The van der Waals surface area contributed by atoms with Gasteiger partial charge < -0.3 is 5.32 Å². The van der Waals surface area contributed by atoms with Crippen molar-refractivity contribution >= 4 is 46.3 Å². The van der Waals surface area contributed by atoms with Crippen LogP contribution in [0, 0.1) is 5.82 Å². The number of nitrogens with zero attached hydrogens (tertiary/aromatic N) is 1. The molecule has 2 amide bonds. The van der Waals surface area contributed by atoms with Crippen LogP contribution in [0.1, 0.15) is 5.56 Å². The summed E-state index contributed by atoms with van der Waals surface area (Å²) in [5.41, 5.74) is 1.37. The van der Waals surface area contributed by atoms with Crippen LogP contribution in [0.3, 0.4) is 0 Å². The van der Waals surface area contributed by atoms with Crippen molar-refractivity contribution < 1.29 is 14.0 Å². The maximum atomic E-state index is 12.9. The van der Waals surface area contributed by atoms with Crippen LogP contribution in [0.4, 0.5) is 14.9 Å². The number of benzene rings is 2. The van der Waals surface area contributed by atoms with Gasteiger partial charge in [0.1, 0.15) is 5.82 Å². The molecule has 2 aromatic carbocycles. The summed E-state index contributed by atoms with van der Waals surface area (Å²) in [6.45, 7) is 0.0474. The maximum Gasteiger partial charge on any atom is 0.295 e. The van der Waals surface area contributed by atoms with E-state index in [9.17, 15) is 14.0 Å². The number of halogens is 2. The smallest absolute Gasteiger partial charge is 0.295 e. The van der Waals surface area contributed by atoms with Gasteiger partial charge in [-0.2, -0.15) is 0 Å². The minimum Gasteiger partial charge on any atom is -0.367 e. The lowest BCUT2D eigenvalue weighted by molar-refractivity contribution is -0.122. The van der Waals surface area contributed by atoms with Gasteiger partial charge in [0, 0.05) is 10.7 Å². The van der Waals surface area contributed by atoms with Crippen molar-refractivity contribution in [2.45, 2.75) is 0 Å². The van der Waals surface area contributed by atoms with Crippen molar-refractivity contribution in [1.29, 1.82) is 0 Å². The Hall–Kier alpha value is -2.31. The summed E-state index contributed by atoms with van der Waals surface area (Å²) in [6, 6.07) is 12.7. The number of carbonyl (C=O) groups is 2. The molecule has 2 aromatic rings. The number of thioether (sulfide) groups is 1. The van der Waals surface area contributed by atoms with Gasteiger partial charge >= 0.3 is 0 Å². The molecule has 1 aliphatic rings. The highest BCUT2D eigenvalue weighted by Crippen LogP contribution is 2.32. The Labute approximate surface area is 147 Å². The highest BCUT2D eigenvalue weighted by Gasteiger charge is 2.34. The summed E-state index contributed by atoms with van der Waals surface area (Å²) >= 11 is 6.75. The first-order chi connectivity index (χ1) is 11.5. The van der Waals surface area contributed by atoms with Gasteiger partial charge in [0.25, 0.3) is 11.1 Å². The van der Waals surface area contributed by atoms with E-state index in [4.69, 9.17) is 11.6 Å². The Morgan fingerprint density at radius 3 is 2.62 bits per heavy atom. The lowest BCUT2D eigenvalue weighted by atomic mass is 10.2. The van der Waals surface area contributed by atoms with E-state index < -0.39 is 0 Å². The molecular weight excluding hydrogens is 351 g/mol. The molecule has 24 heavy (non-hydrogen) atoms. The predicted molar refractivity (Wildman–Crippen MR) is 94.2 cm³/mol. The van der Waals surface area contributed by atoms with Gasteiger partial charge in [-0.05, 0) is 53.7 Å². The average Bonchev–Trinajstić information content (AvgIpc) is 2.82. The molecule has 0 spiro atoms. The second kappa shape index (κ2) is 7.07. The van der Waals surface area contributed by atoms with E-state index >= 15 is 0 Å². The molecule has 1 saturated heterocycles. The monoisotopic (exact) mass is 362 g/mol. The van der Waals surface area contributed by atoms with E-state index in [0.717, 1.165) is 16.7 Å². The summed E-state index contributed by atoms with van der Waals surface area (Å²) in [7, 11) is 0. The molecule has 1 aliphatic heterocycles. The molecule has 122 valence electrons. The Morgan fingerprint density at radius 2 is 1.92 bits per heavy atom. The fraction of sp³-hybridized carbons (Fsp3) is 0.0588. The molecule has 1 heterocycles. The molecule has 7 heteroatoms. The fourth-order valence-electron chi connectivity index (χ4n) is 2.12. The number of hydrogen-bond donors (Lipinski definition) is 1. The zero-order chi connectivity index (χ0) is 17.1. The summed E-state index contributed by atoms with van der Waals surface area (Å²) < 4.78 is 12.9. The van der Waals surface area contributed by atoms with Gasteiger partial charge in [0.05, 0.1) is 11.6 Å². The number of rotatable bonds is 4. The Bertz CT molecular complexity index is 824. The van der Waals surface area contributed by atoms with Crippen molar-refractivity contribution in [1.82, 2.24) is 4.90 Å². The summed E-state index contributed by atoms with van der Waals surface area (Å²) in [5.74, 6) is -0.741. The van der Waals surface area contributed by atoms with E-state index in [-0.39, 0.29) is 23.6 Å². The number of nitrogens with one attached hydrogen (secondary N) is 1. The molecular formula is C17H12ClFN2O2S. The largest absolute Gasteiger partial charge is 0.367 e. The topological polar surface area (TPSA) is 49.4 Å². The van der Waals surface area contributed by atoms with Crippen molar-refractivity contribution in [3.05, 3.63) is 69.8 Å². The van der Waals surface area contributed by atoms with Gasteiger partial charge in [0.15, 0.2) is 0 Å². The molecule has 4 nitrogen and oxygen atoms in total. The van der Waals surface area contributed by atoms with Crippen molar-refractivity contribution in [2.75, 3.05) is 12.0 Å². The lowest BCUT2D eigenvalue weighted by Crippen LogP contribution is -2.33. The molecule has 0 radical (unpaired) electrons. The van der Waals surface area contributed by atoms with Gasteiger partial charge in [-0.3, -0.25) is 14.5 Å². The van der Waals surface area contributed by atoms with E-state index in [0.29, 0.717) is 21.2 Å². The number of anilines is 1. The number of imide groups is 1. The van der Waals surface area contributed by atoms with Crippen molar-refractivity contribution in [3.8, 4) is 0 Å². The number of hydrogen-bond acceptors (Lipinski definition) is 4. The molecule has 1 fully saturated rings. The van der Waals surface area contributed by atoms with Gasteiger partial charge in [-0.25, -0.2) is 4.39 Å². The number of carbonyl (C=O) groups excluding carboxylic acids is 2. The minimum absolute atomic E-state index is 0.0474.